The van der Waals surface area contributed by atoms with Gasteiger partial charge in [0.1, 0.15) is 5.65 Å². The van der Waals surface area contributed by atoms with Gasteiger partial charge in [-0.25, -0.2) is 17.9 Å². The Morgan fingerprint density at radius 2 is 2.00 bits per heavy atom. The van der Waals surface area contributed by atoms with E-state index in [2.05, 4.69) is 20.0 Å². The molecule has 1 fully saturated rings. The van der Waals surface area contributed by atoms with E-state index in [0.29, 0.717) is 31.2 Å². The third-order valence-electron chi connectivity index (χ3n) is 5.50. The van der Waals surface area contributed by atoms with Crippen molar-refractivity contribution in [1.29, 1.82) is 0 Å². The summed E-state index contributed by atoms with van der Waals surface area (Å²) in [5.41, 5.74) is 2.33. The van der Waals surface area contributed by atoms with E-state index in [1.807, 2.05) is 42.1 Å². The Bertz CT molecular complexity index is 1340. The predicted octanol–water partition coefficient (Wildman–Crippen LogP) is 2.48. The number of unbranched alkanes of at least 4 members (excludes halogenated alkanes) is 1. The lowest BCUT2D eigenvalue weighted by Crippen LogP contribution is -2.36. The highest BCUT2D eigenvalue weighted by molar-refractivity contribution is 7.91. The molecule has 0 radical (unpaired) electrons. The summed E-state index contributed by atoms with van der Waals surface area (Å²) in [4.78, 5) is 11.5. The van der Waals surface area contributed by atoms with E-state index < -0.39 is 9.84 Å². The lowest BCUT2D eigenvalue weighted by molar-refractivity contribution is 0.122. The molecule has 31 heavy (non-hydrogen) atoms. The Labute approximate surface area is 180 Å². The van der Waals surface area contributed by atoms with Crippen molar-refractivity contribution >= 4 is 32.5 Å². The summed E-state index contributed by atoms with van der Waals surface area (Å²) in [5, 5.41) is 5.41. The normalized spacial score (nSPS) is 15.2. The smallest absolute Gasteiger partial charge is 0.245 e. The third kappa shape index (κ3) is 3.77. The summed E-state index contributed by atoms with van der Waals surface area (Å²) in [6.45, 7) is 4.89. The first-order chi connectivity index (χ1) is 15.0. The molecule has 0 spiro atoms. The van der Waals surface area contributed by atoms with E-state index in [1.54, 1.807) is 10.6 Å². The molecule has 4 aromatic rings. The van der Waals surface area contributed by atoms with Gasteiger partial charge in [0, 0.05) is 30.9 Å². The topological polar surface area (TPSA) is 94.6 Å². The van der Waals surface area contributed by atoms with Gasteiger partial charge in [-0.2, -0.15) is 4.98 Å². The average Bonchev–Trinajstić information content (AvgIpc) is 3.41. The van der Waals surface area contributed by atoms with Crippen LogP contribution in [0.3, 0.4) is 0 Å². The number of aromatic nitrogens is 5. The molecule has 5 heterocycles. The molecular formula is C21H24N6O3S. The Balaban J connectivity index is 1.48. The first kappa shape index (κ1) is 20.0. The molecule has 162 valence electrons. The molecule has 1 aliphatic rings. The number of hydrogen-bond donors (Lipinski definition) is 0. The number of anilines is 1. The van der Waals surface area contributed by atoms with Gasteiger partial charge < -0.3 is 9.64 Å². The van der Waals surface area contributed by atoms with Crippen molar-refractivity contribution in [2.45, 2.75) is 24.7 Å². The summed E-state index contributed by atoms with van der Waals surface area (Å²) in [5.74, 6) is 0.837. The zero-order chi connectivity index (χ0) is 21.4. The van der Waals surface area contributed by atoms with E-state index in [4.69, 9.17) is 4.74 Å². The summed E-state index contributed by atoms with van der Waals surface area (Å²) in [6.07, 6.45) is 6.73. The van der Waals surface area contributed by atoms with Crippen LogP contribution in [-0.4, -0.2) is 64.6 Å². The molecule has 0 amide bonds. The van der Waals surface area contributed by atoms with Gasteiger partial charge in [0.05, 0.1) is 35.7 Å². The molecule has 0 aromatic carbocycles. The van der Waals surface area contributed by atoms with Crippen LogP contribution < -0.4 is 4.90 Å². The minimum absolute atomic E-state index is 0.145. The van der Waals surface area contributed by atoms with Crippen molar-refractivity contribution in [3.05, 3.63) is 42.9 Å². The van der Waals surface area contributed by atoms with Crippen LogP contribution >= 0.6 is 0 Å². The van der Waals surface area contributed by atoms with Crippen LogP contribution in [0.5, 0.6) is 0 Å². The molecule has 0 unspecified atom stereocenters. The maximum atomic E-state index is 12.5. The Morgan fingerprint density at radius 1 is 1.16 bits per heavy atom. The van der Waals surface area contributed by atoms with Crippen molar-refractivity contribution in [1.82, 2.24) is 24.1 Å². The molecular weight excluding hydrogens is 416 g/mol. The van der Waals surface area contributed by atoms with Crippen molar-refractivity contribution in [3.8, 4) is 5.69 Å². The molecule has 4 aromatic heterocycles. The number of nitrogens with zero attached hydrogens (tertiary/aromatic N) is 6. The van der Waals surface area contributed by atoms with Gasteiger partial charge >= 0.3 is 0 Å². The Morgan fingerprint density at radius 3 is 2.81 bits per heavy atom. The van der Waals surface area contributed by atoms with Gasteiger partial charge in [0.15, 0.2) is 15.5 Å². The number of hydrogen-bond acceptors (Lipinski definition) is 7. The molecule has 1 aliphatic heterocycles. The average molecular weight is 441 g/mol. The lowest BCUT2D eigenvalue weighted by atomic mass is 10.3. The van der Waals surface area contributed by atoms with Crippen LogP contribution in [0.2, 0.25) is 0 Å². The zero-order valence-corrected chi connectivity index (χ0v) is 18.1. The number of rotatable bonds is 6. The second-order valence-corrected chi connectivity index (χ2v) is 9.75. The SMILES string of the molecule is CCCCS(=O)(=O)c1cnc2c(ccn2-c2ccc3nc(N4CCOCC4)nn3c2)c1. The molecule has 0 bridgehead atoms. The van der Waals surface area contributed by atoms with Crippen molar-refractivity contribution in [2.75, 3.05) is 37.0 Å². The molecule has 0 N–H and O–H groups in total. The molecule has 9 nitrogen and oxygen atoms in total. The van der Waals surface area contributed by atoms with Gasteiger partial charge in [0.2, 0.25) is 5.95 Å². The second-order valence-electron chi connectivity index (χ2n) is 7.64. The van der Waals surface area contributed by atoms with Crippen molar-refractivity contribution in [3.63, 3.8) is 0 Å². The van der Waals surface area contributed by atoms with E-state index in [0.717, 1.165) is 36.2 Å². The van der Waals surface area contributed by atoms with Crippen LogP contribution in [0.4, 0.5) is 5.95 Å². The molecule has 0 aliphatic carbocycles. The molecule has 5 rings (SSSR count). The zero-order valence-electron chi connectivity index (χ0n) is 17.3. The standard InChI is InChI=1S/C21H24N6O3S/c1-2-3-12-31(28,29)18-13-16-6-7-26(20(16)22-14-18)17-4-5-19-23-21(24-27(19)15-17)25-8-10-30-11-9-25/h4-7,13-15H,2-3,8-12H2,1H3. The van der Waals surface area contributed by atoms with Crippen LogP contribution in [0.15, 0.2) is 47.8 Å². The summed E-state index contributed by atoms with van der Waals surface area (Å²) in [6, 6.07) is 7.46. The number of ether oxygens (including phenoxy) is 1. The first-order valence-corrected chi connectivity index (χ1v) is 12.1. The highest BCUT2D eigenvalue weighted by Gasteiger charge is 2.18. The van der Waals surface area contributed by atoms with Gasteiger partial charge in [-0.05, 0) is 30.7 Å². The maximum Gasteiger partial charge on any atom is 0.245 e. The van der Waals surface area contributed by atoms with Crippen molar-refractivity contribution < 1.29 is 13.2 Å². The maximum absolute atomic E-state index is 12.5. The molecule has 10 heteroatoms. The largest absolute Gasteiger partial charge is 0.378 e. The molecule has 1 saturated heterocycles. The fourth-order valence-corrected chi connectivity index (χ4v) is 5.16. The minimum Gasteiger partial charge on any atom is -0.378 e. The van der Waals surface area contributed by atoms with Gasteiger partial charge in [-0.15, -0.1) is 5.10 Å². The quantitative estimate of drug-likeness (QED) is 0.455. The number of fused-ring (bicyclic) bond motifs is 2. The fraction of sp³-hybridized carbons (Fsp3) is 0.381. The molecule has 0 atom stereocenters. The van der Waals surface area contributed by atoms with Crippen LogP contribution in [0, 0.1) is 0 Å². The van der Waals surface area contributed by atoms with Gasteiger partial charge in [-0.1, -0.05) is 13.3 Å². The third-order valence-corrected chi connectivity index (χ3v) is 7.27. The monoisotopic (exact) mass is 440 g/mol. The predicted molar refractivity (Wildman–Crippen MR) is 118 cm³/mol. The summed E-state index contributed by atoms with van der Waals surface area (Å²) < 4.78 is 34.1. The van der Waals surface area contributed by atoms with Gasteiger partial charge in [-0.3, -0.25) is 4.57 Å². The van der Waals surface area contributed by atoms with Crippen LogP contribution in [0.1, 0.15) is 19.8 Å². The second kappa shape index (κ2) is 7.93. The minimum atomic E-state index is -3.31. The Kier molecular flexibility index (Phi) is 5.11. The fourth-order valence-electron chi connectivity index (χ4n) is 3.73. The lowest BCUT2D eigenvalue weighted by Gasteiger charge is -2.25. The summed E-state index contributed by atoms with van der Waals surface area (Å²) >= 11 is 0. The van der Waals surface area contributed by atoms with E-state index >= 15 is 0 Å². The highest BCUT2D eigenvalue weighted by Crippen LogP contribution is 2.23. The highest BCUT2D eigenvalue weighted by atomic mass is 32.2. The number of morpholine rings is 1. The van der Waals surface area contributed by atoms with Crippen LogP contribution in [-0.2, 0) is 14.6 Å². The van der Waals surface area contributed by atoms with E-state index in [9.17, 15) is 8.42 Å². The summed E-state index contributed by atoms with van der Waals surface area (Å²) in [7, 11) is -3.31. The Hall–Kier alpha value is -2.98. The van der Waals surface area contributed by atoms with Crippen LogP contribution in [0.25, 0.3) is 22.4 Å². The van der Waals surface area contributed by atoms with Gasteiger partial charge in [0.25, 0.3) is 0 Å². The first-order valence-electron chi connectivity index (χ1n) is 10.4. The number of sulfone groups is 1. The van der Waals surface area contributed by atoms with Crippen molar-refractivity contribution in [2.24, 2.45) is 0 Å². The number of pyridine rings is 2. The van der Waals surface area contributed by atoms with E-state index in [-0.39, 0.29) is 10.6 Å². The van der Waals surface area contributed by atoms with E-state index in [1.165, 1.54) is 6.20 Å². The molecule has 0 saturated carbocycles.